The van der Waals surface area contributed by atoms with Crippen molar-refractivity contribution < 1.29 is 18.0 Å². The molecule has 1 amide bonds. The minimum atomic E-state index is -4.34. The summed E-state index contributed by atoms with van der Waals surface area (Å²) in [6.07, 6.45) is -4.34. The lowest BCUT2D eigenvalue weighted by molar-refractivity contribution is -0.137. The highest BCUT2D eigenvalue weighted by Crippen LogP contribution is 2.29. The van der Waals surface area contributed by atoms with Gasteiger partial charge in [-0.15, -0.1) is 0 Å². The van der Waals surface area contributed by atoms with Crippen molar-refractivity contribution in [3.63, 3.8) is 0 Å². The third-order valence-corrected chi connectivity index (χ3v) is 3.91. The Balaban J connectivity index is 2.69. The van der Waals surface area contributed by atoms with E-state index in [0.29, 0.717) is 25.6 Å². The van der Waals surface area contributed by atoms with Gasteiger partial charge in [0.25, 0.3) is 0 Å². The molecular formula is C18H27F3N4O. The number of halogens is 3. The van der Waals surface area contributed by atoms with Crippen molar-refractivity contribution in [3.8, 4) is 0 Å². The summed E-state index contributed by atoms with van der Waals surface area (Å²) in [6.45, 7) is 6.84. The fourth-order valence-corrected chi connectivity index (χ4v) is 2.31. The van der Waals surface area contributed by atoms with Crippen LogP contribution in [0.15, 0.2) is 29.3 Å². The highest BCUT2D eigenvalue weighted by atomic mass is 19.4. The molecule has 0 aromatic heterocycles. The molecule has 0 spiro atoms. The number of hydrogen-bond acceptors (Lipinski definition) is 2. The predicted molar refractivity (Wildman–Crippen MR) is 96.7 cm³/mol. The molecule has 0 atom stereocenters. The highest BCUT2D eigenvalue weighted by Gasteiger charge is 2.30. The van der Waals surface area contributed by atoms with E-state index < -0.39 is 17.2 Å². The van der Waals surface area contributed by atoms with Crippen LogP contribution in [0.25, 0.3) is 0 Å². The first kappa shape index (κ1) is 21.8. The van der Waals surface area contributed by atoms with Crippen molar-refractivity contribution >= 4 is 11.9 Å². The molecule has 8 heteroatoms. The molecule has 0 aliphatic carbocycles. The van der Waals surface area contributed by atoms with Gasteiger partial charge in [0.15, 0.2) is 5.96 Å². The van der Waals surface area contributed by atoms with E-state index in [1.807, 2.05) is 20.8 Å². The van der Waals surface area contributed by atoms with Crippen LogP contribution in [0.5, 0.6) is 0 Å². The van der Waals surface area contributed by atoms with Gasteiger partial charge >= 0.3 is 6.18 Å². The van der Waals surface area contributed by atoms with Crippen molar-refractivity contribution in [1.29, 1.82) is 0 Å². The van der Waals surface area contributed by atoms with Gasteiger partial charge in [-0.2, -0.15) is 13.2 Å². The van der Waals surface area contributed by atoms with Crippen LogP contribution in [-0.2, 0) is 17.5 Å². The average molecular weight is 372 g/mol. The zero-order valence-electron chi connectivity index (χ0n) is 15.9. The summed E-state index contributed by atoms with van der Waals surface area (Å²) in [4.78, 5) is 18.0. The van der Waals surface area contributed by atoms with Crippen LogP contribution in [0.4, 0.5) is 13.2 Å². The maximum absolute atomic E-state index is 12.6. The number of nitrogens with one attached hydrogen (secondary N) is 2. The molecule has 1 aromatic rings. The van der Waals surface area contributed by atoms with Gasteiger partial charge in [-0.1, -0.05) is 12.1 Å². The molecule has 146 valence electrons. The Bertz CT molecular complexity index is 624. The van der Waals surface area contributed by atoms with Crippen LogP contribution >= 0.6 is 0 Å². The van der Waals surface area contributed by atoms with Gasteiger partial charge < -0.3 is 15.5 Å². The maximum atomic E-state index is 12.6. The van der Waals surface area contributed by atoms with Gasteiger partial charge in [-0.05, 0) is 38.5 Å². The lowest BCUT2D eigenvalue weighted by Crippen LogP contribution is -2.48. The Morgan fingerprint density at radius 1 is 1.15 bits per heavy atom. The summed E-state index contributed by atoms with van der Waals surface area (Å²) < 4.78 is 37.9. The molecule has 0 aliphatic rings. The number of benzene rings is 1. The van der Waals surface area contributed by atoms with Crippen LogP contribution in [0, 0.1) is 5.41 Å². The Labute approximate surface area is 152 Å². The first-order chi connectivity index (χ1) is 12.0. The van der Waals surface area contributed by atoms with E-state index in [4.69, 9.17) is 0 Å². The number of carbonyl (C=O) groups excluding carboxylic acids is 1. The van der Waals surface area contributed by atoms with Gasteiger partial charge in [0, 0.05) is 33.7 Å². The summed E-state index contributed by atoms with van der Waals surface area (Å²) in [7, 11) is 3.40. The van der Waals surface area contributed by atoms with Crippen molar-refractivity contribution in [1.82, 2.24) is 15.5 Å². The molecule has 2 N–H and O–H groups in total. The first-order valence-corrected chi connectivity index (χ1v) is 8.37. The number of guanidine groups is 1. The minimum Gasteiger partial charge on any atom is -0.356 e. The topological polar surface area (TPSA) is 56.7 Å². The molecule has 0 saturated heterocycles. The Kier molecular flexibility index (Phi) is 7.47. The zero-order valence-corrected chi connectivity index (χ0v) is 15.9. The van der Waals surface area contributed by atoms with E-state index in [2.05, 4.69) is 15.6 Å². The number of hydrogen-bond donors (Lipinski definition) is 2. The summed E-state index contributed by atoms with van der Waals surface area (Å²) >= 11 is 0. The van der Waals surface area contributed by atoms with Crippen molar-refractivity contribution in [2.45, 2.75) is 33.5 Å². The SMILES string of the molecule is CCNC(=O)C(C)(C)CNC(=NC)N(C)Cc1ccc(C(F)(F)F)cc1. The smallest absolute Gasteiger partial charge is 0.356 e. The average Bonchev–Trinajstić information content (AvgIpc) is 2.55. The molecule has 0 fully saturated rings. The van der Waals surface area contributed by atoms with E-state index in [1.165, 1.54) is 12.1 Å². The number of aliphatic imine (C=N–C) groups is 1. The standard InChI is InChI=1S/C18H27F3N4O/c1-6-23-15(26)17(2,3)12-24-16(22-4)25(5)11-13-7-9-14(10-8-13)18(19,20)21/h7-10H,6,11-12H2,1-5H3,(H,22,24)(H,23,26). The number of alkyl halides is 3. The second-order valence-electron chi connectivity index (χ2n) is 6.69. The van der Waals surface area contributed by atoms with E-state index >= 15 is 0 Å². The van der Waals surface area contributed by atoms with Crippen molar-refractivity contribution in [3.05, 3.63) is 35.4 Å². The molecule has 26 heavy (non-hydrogen) atoms. The van der Waals surface area contributed by atoms with Crippen molar-refractivity contribution in [2.24, 2.45) is 10.4 Å². The zero-order chi connectivity index (χ0) is 20.0. The summed E-state index contributed by atoms with van der Waals surface area (Å²) in [5.74, 6) is 0.496. The van der Waals surface area contributed by atoms with Gasteiger partial charge in [0.05, 0.1) is 11.0 Å². The van der Waals surface area contributed by atoms with Crippen LogP contribution in [0.3, 0.4) is 0 Å². The molecule has 0 radical (unpaired) electrons. The molecular weight excluding hydrogens is 345 g/mol. The van der Waals surface area contributed by atoms with Crippen LogP contribution in [-0.4, -0.2) is 44.0 Å². The van der Waals surface area contributed by atoms with Crippen molar-refractivity contribution in [2.75, 3.05) is 27.2 Å². The Hall–Kier alpha value is -2.25. The van der Waals surface area contributed by atoms with E-state index in [0.717, 1.165) is 17.7 Å². The Morgan fingerprint density at radius 2 is 1.73 bits per heavy atom. The van der Waals surface area contributed by atoms with Gasteiger partial charge in [-0.3, -0.25) is 9.79 Å². The summed E-state index contributed by atoms with van der Waals surface area (Å²) in [5.41, 5.74) is -0.567. The van der Waals surface area contributed by atoms with Crippen LogP contribution in [0.2, 0.25) is 0 Å². The van der Waals surface area contributed by atoms with Crippen LogP contribution in [0.1, 0.15) is 31.9 Å². The molecule has 0 bridgehead atoms. The second-order valence-corrected chi connectivity index (χ2v) is 6.69. The summed E-state index contributed by atoms with van der Waals surface area (Å²) in [5, 5.41) is 5.93. The summed E-state index contributed by atoms with van der Waals surface area (Å²) in [6, 6.07) is 5.03. The molecule has 1 rings (SSSR count). The Morgan fingerprint density at radius 3 is 2.19 bits per heavy atom. The largest absolute Gasteiger partial charge is 0.416 e. The van der Waals surface area contributed by atoms with E-state index in [9.17, 15) is 18.0 Å². The third kappa shape index (κ3) is 6.24. The fraction of sp³-hybridized carbons (Fsp3) is 0.556. The van der Waals surface area contributed by atoms with E-state index in [1.54, 1.807) is 19.0 Å². The fourth-order valence-electron chi connectivity index (χ4n) is 2.31. The highest BCUT2D eigenvalue weighted by molar-refractivity contribution is 5.84. The maximum Gasteiger partial charge on any atom is 0.416 e. The third-order valence-electron chi connectivity index (χ3n) is 3.91. The molecule has 1 aromatic carbocycles. The molecule has 0 aliphatic heterocycles. The minimum absolute atomic E-state index is 0.0617. The van der Waals surface area contributed by atoms with Gasteiger partial charge in [0.2, 0.25) is 5.91 Å². The number of amides is 1. The number of carbonyl (C=O) groups is 1. The van der Waals surface area contributed by atoms with Crippen LogP contribution < -0.4 is 10.6 Å². The predicted octanol–water partition coefficient (Wildman–Crippen LogP) is 2.87. The number of nitrogens with zero attached hydrogens (tertiary/aromatic N) is 2. The number of rotatable bonds is 6. The second kappa shape index (κ2) is 8.91. The van der Waals surface area contributed by atoms with Gasteiger partial charge in [0.1, 0.15) is 0 Å². The lowest BCUT2D eigenvalue weighted by Gasteiger charge is -2.28. The molecule has 0 saturated carbocycles. The molecule has 5 nitrogen and oxygen atoms in total. The van der Waals surface area contributed by atoms with E-state index in [-0.39, 0.29) is 5.91 Å². The quantitative estimate of drug-likeness (QED) is 0.596. The first-order valence-electron chi connectivity index (χ1n) is 8.37. The molecule has 0 unspecified atom stereocenters. The lowest BCUT2D eigenvalue weighted by atomic mass is 9.92. The van der Waals surface area contributed by atoms with Gasteiger partial charge in [-0.25, -0.2) is 0 Å². The monoisotopic (exact) mass is 372 g/mol. The molecule has 0 heterocycles. The normalized spacial score (nSPS) is 12.7.